The van der Waals surface area contributed by atoms with Gasteiger partial charge in [-0.2, -0.15) is 0 Å². The second kappa shape index (κ2) is 11.1. The van der Waals surface area contributed by atoms with Gasteiger partial charge in [0.1, 0.15) is 18.1 Å². The Balaban J connectivity index is 2.69. The third-order valence-corrected chi connectivity index (χ3v) is 4.56. The summed E-state index contributed by atoms with van der Waals surface area (Å²) in [5, 5.41) is 14.4. The largest absolute Gasteiger partial charge is 0.479 e. The second-order valence-electron chi connectivity index (χ2n) is 7.24. The predicted octanol–water partition coefficient (Wildman–Crippen LogP) is -1.42. The Hall–Kier alpha value is -3.38. The number of rotatable bonds is 7. The van der Waals surface area contributed by atoms with E-state index in [0.717, 1.165) is 6.92 Å². The summed E-state index contributed by atoms with van der Waals surface area (Å²) in [5.74, 6) is -3.43. The van der Waals surface area contributed by atoms with Gasteiger partial charge in [0, 0.05) is 20.5 Å². The lowest BCUT2D eigenvalue weighted by atomic mass is 10.2. The number of hydrazine groups is 1. The van der Waals surface area contributed by atoms with E-state index in [-0.39, 0.29) is 6.54 Å². The Labute approximate surface area is 179 Å². The Bertz CT molecular complexity index is 742. The average Bonchev–Trinajstić information content (AvgIpc) is 3.16. The number of carbonyl (C=O) groups excluding carboxylic acids is 5. The van der Waals surface area contributed by atoms with Gasteiger partial charge < -0.3 is 25.4 Å². The molecule has 0 aromatic heterocycles. The molecule has 0 unspecified atom stereocenters. The zero-order valence-electron chi connectivity index (χ0n) is 18.1. The molecule has 0 aromatic rings. The van der Waals surface area contributed by atoms with Gasteiger partial charge in [0.25, 0.3) is 5.91 Å². The fourth-order valence-electron chi connectivity index (χ4n) is 2.89. The van der Waals surface area contributed by atoms with E-state index >= 15 is 0 Å². The Kier molecular flexibility index (Phi) is 9.21. The van der Waals surface area contributed by atoms with Crippen molar-refractivity contribution in [2.24, 2.45) is 0 Å². The first-order valence-electron chi connectivity index (χ1n) is 9.70. The number of carboxylic acids is 1. The first kappa shape index (κ1) is 25.7. The van der Waals surface area contributed by atoms with Gasteiger partial charge in [-0.15, -0.1) is 0 Å². The monoisotopic (exact) mass is 443 g/mol. The summed E-state index contributed by atoms with van der Waals surface area (Å²) >= 11 is 0. The molecule has 0 radical (unpaired) electrons. The average molecular weight is 443 g/mol. The Morgan fingerprint density at radius 2 is 1.68 bits per heavy atom. The first-order chi connectivity index (χ1) is 14.3. The van der Waals surface area contributed by atoms with Gasteiger partial charge in [-0.05, 0) is 33.6 Å². The van der Waals surface area contributed by atoms with Gasteiger partial charge in [0.2, 0.25) is 17.7 Å². The minimum absolute atomic E-state index is 0.280. The van der Waals surface area contributed by atoms with Crippen molar-refractivity contribution in [1.82, 2.24) is 26.0 Å². The number of nitrogens with one attached hydrogen (secondary N) is 3. The molecule has 1 rings (SSSR count). The van der Waals surface area contributed by atoms with Gasteiger partial charge in [0.05, 0.1) is 0 Å². The molecule has 1 aliphatic heterocycles. The number of aliphatic carboxylic acids is 1. The molecule has 0 aromatic carbocycles. The van der Waals surface area contributed by atoms with Crippen molar-refractivity contribution in [2.45, 2.75) is 64.8 Å². The molecule has 174 valence electrons. The number of ether oxygens (including phenoxy) is 1. The van der Waals surface area contributed by atoms with E-state index < -0.39 is 59.9 Å². The van der Waals surface area contributed by atoms with Crippen LogP contribution < -0.4 is 16.1 Å². The van der Waals surface area contributed by atoms with Gasteiger partial charge >= 0.3 is 12.1 Å². The van der Waals surface area contributed by atoms with Crippen LogP contribution in [0.5, 0.6) is 0 Å². The molecule has 0 bridgehead atoms. The molecule has 1 fully saturated rings. The number of carbonyl (C=O) groups is 6. The van der Waals surface area contributed by atoms with Crippen LogP contribution in [0.4, 0.5) is 4.79 Å². The highest BCUT2D eigenvalue weighted by Crippen LogP contribution is 2.18. The minimum atomic E-state index is -1.40. The van der Waals surface area contributed by atoms with Crippen molar-refractivity contribution in [3.05, 3.63) is 0 Å². The zero-order valence-corrected chi connectivity index (χ0v) is 18.1. The van der Waals surface area contributed by atoms with E-state index in [1.54, 1.807) is 0 Å². The van der Waals surface area contributed by atoms with Crippen LogP contribution in [0.15, 0.2) is 0 Å². The highest BCUT2D eigenvalue weighted by molar-refractivity contribution is 5.94. The summed E-state index contributed by atoms with van der Waals surface area (Å²) < 4.78 is 4.66. The molecule has 0 spiro atoms. The van der Waals surface area contributed by atoms with Gasteiger partial charge in [-0.1, -0.05) is 0 Å². The predicted molar refractivity (Wildman–Crippen MR) is 105 cm³/mol. The molecule has 0 aliphatic carbocycles. The first-order valence-corrected chi connectivity index (χ1v) is 9.70. The molecule has 31 heavy (non-hydrogen) atoms. The summed E-state index contributed by atoms with van der Waals surface area (Å²) in [7, 11) is 1.18. The van der Waals surface area contributed by atoms with Gasteiger partial charge in [-0.25, -0.2) is 14.6 Å². The van der Waals surface area contributed by atoms with Crippen LogP contribution in [0.25, 0.3) is 0 Å². The fraction of sp³-hybridized carbons (Fsp3) is 0.667. The van der Waals surface area contributed by atoms with Crippen LogP contribution >= 0.6 is 0 Å². The lowest BCUT2D eigenvalue weighted by Gasteiger charge is -2.29. The summed E-state index contributed by atoms with van der Waals surface area (Å²) in [6.07, 6.45) is -1.60. The van der Waals surface area contributed by atoms with Crippen LogP contribution in [0.2, 0.25) is 0 Å². The van der Waals surface area contributed by atoms with Crippen LogP contribution in [0.3, 0.4) is 0 Å². The molecule has 1 aliphatic rings. The third kappa shape index (κ3) is 7.42. The normalized spacial score (nSPS) is 18.2. The summed E-state index contributed by atoms with van der Waals surface area (Å²) in [4.78, 5) is 72.4. The lowest BCUT2D eigenvalue weighted by molar-refractivity contribution is -0.147. The number of hydrogen-bond donors (Lipinski definition) is 4. The molecule has 1 saturated heterocycles. The van der Waals surface area contributed by atoms with Crippen molar-refractivity contribution in [3.63, 3.8) is 0 Å². The van der Waals surface area contributed by atoms with Crippen molar-refractivity contribution in [2.75, 3.05) is 13.6 Å². The molecular weight excluding hydrogens is 414 g/mol. The quantitative estimate of drug-likeness (QED) is 0.347. The van der Waals surface area contributed by atoms with Gasteiger partial charge in [0.15, 0.2) is 6.10 Å². The topological polar surface area (TPSA) is 174 Å². The lowest BCUT2D eigenvalue weighted by Crippen LogP contribution is -2.56. The molecular formula is C18H29N5O8. The molecule has 1 heterocycles. The van der Waals surface area contributed by atoms with E-state index in [1.165, 1.54) is 32.7 Å². The SMILES string of the molecule is CC(=O)N[C@@H](C)C(=O)N[C@@H](C)C(=O)N1CCC[C@H]1C(=O)NN(C)C(=O)O[C@@H](C)C(=O)O. The summed E-state index contributed by atoms with van der Waals surface area (Å²) in [5.41, 5.74) is 2.27. The maximum Gasteiger partial charge on any atom is 0.429 e. The molecule has 0 saturated carbocycles. The van der Waals surface area contributed by atoms with Crippen LogP contribution in [0, 0.1) is 0 Å². The maximum atomic E-state index is 12.8. The standard InChI is InChI=1S/C18H29N5O8/c1-9(19-12(4)24)14(25)20-10(2)16(27)23-8-6-7-13(23)15(26)21-22(5)18(30)31-11(3)17(28)29/h9-11,13H,6-8H2,1-5H3,(H,19,24)(H,20,25)(H,21,26)(H,28,29)/t9-,10-,11-,13-/m0/s1. The molecule has 4 atom stereocenters. The number of hydrogen-bond acceptors (Lipinski definition) is 7. The zero-order chi connectivity index (χ0) is 23.9. The van der Waals surface area contributed by atoms with E-state index in [0.29, 0.717) is 17.9 Å². The van der Waals surface area contributed by atoms with Crippen molar-refractivity contribution >= 4 is 35.7 Å². The number of carboxylic acid groups (broad SMARTS) is 1. The maximum absolute atomic E-state index is 12.8. The number of likely N-dealkylation sites (tertiary alicyclic amines) is 1. The van der Waals surface area contributed by atoms with E-state index in [4.69, 9.17) is 5.11 Å². The smallest absolute Gasteiger partial charge is 0.429 e. The van der Waals surface area contributed by atoms with E-state index in [1.807, 2.05) is 0 Å². The molecule has 5 amide bonds. The number of nitrogens with zero attached hydrogens (tertiary/aromatic N) is 2. The Morgan fingerprint density at radius 1 is 1.06 bits per heavy atom. The minimum Gasteiger partial charge on any atom is -0.479 e. The fourth-order valence-corrected chi connectivity index (χ4v) is 2.89. The van der Waals surface area contributed by atoms with Crippen LogP contribution in [-0.2, 0) is 28.7 Å². The summed E-state index contributed by atoms with van der Waals surface area (Å²) in [6.45, 7) is 5.64. The Morgan fingerprint density at radius 3 is 2.23 bits per heavy atom. The third-order valence-electron chi connectivity index (χ3n) is 4.56. The van der Waals surface area contributed by atoms with Crippen LogP contribution in [0.1, 0.15) is 40.5 Å². The highest BCUT2D eigenvalue weighted by atomic mass is 16.6. The van der Waals surface area contributed by atoms with E-state index in [2.05, 4.69) is 20.8 Å². The molecule has 13 heteroatoms. The number of amides is 5. The van der Waals surface area contributed by atoms with Crippen molar-refractivity contribution < 1.29 is 38.6 Å². The van der Waals surface area contributed by atoms with Crippen molar-refractivity contribution in [3.8, 4) is 0 Å². The molecule has 4 N–H and O–H groups in total. The second-order valence-corrected chi connectivity index (χ2v) is 7.24. The summed E-state index contributed by atoms with van der Waals surface area (Å²) in [6, 6.07) is -2.67. The van der Waals surface area contributed by atoms with E-state index in [9.17, 15) is 28.8 Å². The highest BCUT2D eigenvalue weighted by Gasteiger charge is 2.37. The molecule has 13 nitrogen and oxygen atoms in total. The van der Waals surface area contributed by atoms with Crippen LogP contribution in [-0.4, -0.2) is 88.5 Å². The van der Waals surface area contributed by atoms with Gasteiger partial charge in [-0.3, -0.25) is 24.6 Å². The van der Waals surface area contributed by atoms with Crippen molar-refractivity contribution in [1.29, 1.82) is 0 Å².